The fourth-order valence-electron chi connectivity index (χ4n) is 4.09. The number of hydrogen-bond donors (Lipinski definition) is 0. The van der Waals surface area contributed by atoms with Crippen molar-refractivity contribution in [2.24, 2.45) is 0 Å². The minimum absolute atomic E-state index is 0.151. The van der Waals surface area contributed by atoms with E-state index in [4.69, 9.17) is 11.2 Å². The maximum Gasteiger partial charge on any atom is 0.143 e. The first kappa shape index (κ1) is 15.8. The van der Waals surface area contributed by atoms with Gasteiger partial charge < -0.3 is 0 Å². The Morgan fingerprint density at radius 1 is 1.11 bits per heavy atom. The lowest BCUT2D eigenvalue weighted by Gasteiger charge is -2.47. The molecule has 1 nitrogen and oxygen atoms in total. The van der Waals surface area contributed by atoms with Gasteiger partial charge in [0, 0.05) is 10.6 Å². The Balaban J connectivity index is 2.73. The van der Waals surface area contributed by atoms with E-state index in [1.54, 1.807) is 10.9 Å². The van der Waals surface area contributed by atoms with Gasteiger partial charge in [0.2, 0.25) is 0 Å². The molecule has 0 aromatic heterocycles. The van der Waals surface area contributed by atoms with E-state index in [2.05, 4.69) is 65.9 Å². The number of nitrogens with zero attached hydrogens (tertiary/aromatic N) is 1. The van der Waals surface area contributed by atoms with Crippen molar-refractivity contribution in [2.45, 2.75) is 72.1 Å². The summed E-state index contributed by atoms with van der Waals surface area (Å²) in [7, 11) is -2.34. The molecule has 1 fully saturated rings. The van der Waals surface area contributed by atoms with E-state index < -0.39 is 15.7 Å². The van der Waals surface area contributed by atoms with Crippen LogP contribution < -0.4 is 0 Å². The molecule has 1 saturated heterocycles. The van der Waals surface area contributed by atoms with E-state index in [0.717, 1.165) is 0 Å². The van der Waals surface area contributed by atoms with Crippen molar-refractivity contribution in [3.8, 4) is 0 Å². The van der Waals surface area contributed by atoms with Gasteiger partial charge in [0.15, 0.2) is 0 Å². The van der Waals surface area contributed by atoms with Gasteiger partial charge in [-0.2, -0.15) is 0 Å². The minimum Gasteiger partial charge on any atom is -0.282 e. The molecule has 2 rings (SSSR count). The highest BCUT2D eigenvalue weighted by Crippen LogP contribution is 2.80. The lowest BCUT2D eigenvalue weighted by atomic mass is 10.0. The van der Waals surface area contributed by atoms with Gasteiger partial charge in [0.25, 0.3) is 0 Å². The molecular formula is C15H27ClNPSi. The van der Waals surface area contributed by atoms with Crippen molar-refractivity contribution in [1.29, 1.82) is 0 Å². The molecule has 0 N–H and O–H groups in total. The Morgan fingerprint density at radius 2 is 1.58 bits per heavy atom. The van der Waals surface area contributed by atoms with Crippen molar-refractivity contribution < 1.29 is 0 Å². The van der Waals surface area contributed by atoms with Gasteiger partial charge in [0.05, 0.1) is 7.43 Å². The predicted molar refractivity (Wildman–Crippen MR) is 91.3 cm³/mol. The van der Waals surface area contributed by atoms with E-state index in [0.29, 0.717) is 0 Å². The molecule has 0 radical (unpaired) electrons. The van der Waals surface area contributed by atoms with Crippen LogP contribution in [0.1, 0.15) is 48.5 Å². The topological polar surface area (TPSA) is 3.24 Å². The zero-order chi connectivity index (χ0) is 15.0. The Kier molecular flexibility index (Phi) is 3.48. The van der Waals surface area contributed by atoms with Gasteiger partial charge in [-0.15, -0.1) is 0 Å². The monoisotopic (exact) mass is 315 g/mol. The van der Waals surface area contributed by atoms with Gasteiger partial charge in [-0.3, -0.25) is 4.34 Å². The molecule has 4 heteroatoms. The SMILES string of the molecule is CC1=C(C)C2(C)C(=C1C)P(Cl)N(C(C)(C)C)[Si]2(C)C. The lowest BCUT2D eigenvalue weighted by molar-refractivity contribution is 0.373. The molecule has 1 aliphatic heterocycles. The standard InChI is InChI=1S/C15H27ClNPSi/c1-10-11(2)13-15(7,12(10)3)19(8,9)17(18(13)16)14(4,5)6/h1-9H3. The molecule has 1 heterocycles. The molecular weight excluding hydrogens is 289 g/mol. The van der Waals surface area contributed by atoms with E-state index >= 15 is 0 Å². The van der Waals surface area contributed by atoms with Crippen LogP contribution in [0, 0.1) is 0 Å². The van der Waals surface area contributed by atoms with Crippen molar-refractivity contribution in [3.05, 3.63) is 22.0 Å². The Bertz CT molecular complexity index is 501. The van der Waals surface area contributed by atoms with Crippen molar-refractivity contribution in [3.63, 3.8) is 0 Å². The lowest BCUT2D eigenvalue weighted by Crippen LogP contribution is -2.55. The van der Waals surface area contributed by atoms with E-state index in [9.17, 15) is 0 Å². The summed E-state index contributed by atoms with van der Waals surface area (Å²) in [6, 6.07) is 0. The van der Waals surface area contributed by atoms with Gasteiger partial charge in [-0.1, -0.05) is 36.8 Å². The molecule has 2 atom stereocenters. The van der Waals surface area contributed by atoms with Crippen LogP contribution in [-0.2, 0) is 0 Å². The highest BCUT2D eigenvalue weighted by Gasteiger charge is 2.65. The van der Waals surface area contributed by atoms with Crippen molar-refractivity contribution in [2.75, 3.05) is 0 Å². The van der Waals surface area contributed by atoms with Crippen LogP contribution in [0.2, 0.25) is 18.1 Å². The summed E-state index contributed by atoms with van der Waals surface area (Å²) >= 11 is 7.00. The molecule has 2 aliphatic rings. The number of rotatable bonds is 0. The summed E-state index contributed by atoms with van der Waals surface area (Å²) in [6.07, 6.45) is 0. The molecule has 2 unspecified atom stereocenters. The van der Waals surface area contributed by atoms with Crippen LogP contribution in [0.3, 0.4) is 0 Å². The number of halogens is 1. The Hall–Kier alpha value is 0.377. The first-order valence-corrected chi connectivity index (χ1v) is 12.2. The maximum absolute atomic E-state index is 7.00. The predicted octanol–water partition coefficient (Wildman–Crippen LogP) is 6.24. The highest BCUT2D eigenvalue weighted by molar-refractivity contribution is 7.88. The van der Waals surface area contributed by atoms with Crippen LogP contribution >= 0.6 is 18.7 Å². The van der Waals surface area contributed by atoms with E-state index in [1.165, 1.54) is 11.1 Å². The van der Waals surface area contributed by atoms with Crippen LogP contribution in [-0.4, -0.2) is 18.1 Å². The first-order chi connectivity index (χ1) is 8.38. The molecule has 0 aromatic rings. The summed E-state index contributed by atoms with van der Waals surface area (Å²) in [5.41, 5.74) is 4.67. The summed E-state index contributed by atoms with van der Waals surface area (Å²) < 4.78 is 2.69. The third-order valence-electron chi connectivity index (χ3n) is 5.45. The van der Waals surface area contributed by atoms with E-state index in [-0.39, 0.29) is 10.6 Å². The molecule has 0 spiro atoms. The summed E-state index contributed by atoms with van der Waals surface area (Å²) in [4.78, 5) is 0. The Labute approximate surface area is 125 Å². The first-order valence-electron chi connectivity index (χ1n) is 7.04. The average Bonchev–Trinajstić information content (AvgIpc) is 2.49. The second-order valence-corrected chi connectivity index (χ2v) is 14.9. The smallest absolute Gasteiger partial charge is 0.143 e. The highest BCUT2D eigenvalue weighted by atomic mass is 35.7. The normalized spacial score (nSPS) is 35.4. The largest absolute Gasteiger partial charge is 0.282 e. The Morgan fingerprint density at radius 3 is 1.95 bits per heavy atom. The number of allylic oxidation sites excluding steroid dienone is 4. The second-order valence-electron chi connectivity index (χ2n) is 7.65. The fraction of sp³-hybridized carbons (Fsp3) is 0.733. The molecule has 0 saturated carbocycles. The molecule has 0 amide bonds. The van der Waals surface area contributed by atoms with Crippen LogP contribution in [0.4, 0.5) is 0 Å². The van der Waals surface area contributed by atoms with Crippen LogP contribution in [0.25, 0.3) is 0 Å². The molecule has 0 aromatic carbocycles. The van der Waals surface area contributed by atoms with Gasteiger partial charge in [-0.05, 0) is 58.0 Å². The third kappa shape index (κ3) is 1.73. The third-order valence-corrected chi connectivity index (χ3v) is 16.0. The molecule has 19 heavy (non-hydrogen) atoms. The van der Waals surface area contributed by atoms with Gasteiger partial charge in [0.1, 0.15) is 8.24 Å². The van der Waals surface area contributed by atoms with Gasteiger partial charge in [-0.25, -0.2) is 0 Å². The van der Waals surface area contributed by atoms with E-state index in [1.807, 2.05) is 0 Å². The van der Waals surface area contributed by atoms with Crippen molar-refractivity contribution >= 4 is 26.9 Å². The quantitative estimate of drug-likeness (QED) is 0.378. The zero-order valence-electron chi connectivity index (χ0n) is 13.8. The zero-order valence-corrected chi connectivity index (χ0v) is 16.4. The van der Waals surface area contributed by atoms with Crippen LogP contribution in [0.5, 0.6) is 0 Å². The number of hydrogen-bond acceptors (Lipinski definition) is 1. The molecule has 0 bridgehead atoms. The second kappa shape index (κ2) is 4.19. The molecule has 108 valence electrons. The van der Waals surface area contributed by atoms with Crippen LogP contribution in [0.15, 0.2) is 22.0 Å². The van der Waals surface area contributed by atoms with Gasteiger partial charge >= 0.3 is 0 Å². The summed E-state index contributed by atoms with van der Waals surface area (Å²) in [6.45, 7) is 21.3. The number of fused-ring (bicyclic) bond motifs is 1. The van der Waals surface area contributed by atoms with Crippen molar-refractivity contribution in [1.82, 2.24) is 4.34 Å². The summed E-state index contributed by atoms with van der Waals surface area (Å²) in [5.74, 6) is 0. The average molecular weight is 316 g/mol. The maximum atomic E-state index is 7.00. The molecule has 1 aliphatic carbocycles. The fourth-order valence-corrected chi connectivity index (χ4v) is 17.0. The minimum atomic E-state index is -1.65. The summed E-state index contributed by atoms with van der Waals surface area (Å²) in [5, 5.41) is 1.77.